The van der Waals surface area contributed by atoms with Gasteiger partial charge in [-0.3, -0.25) is 28.1 Å². The summed E-state index contributed by atoms with van der Waals surface area (Å²) in [5.74, 6) is -1.32. The zero-order valence-electron chi connectivity index (χ0n) is 30.4. The molecule has 7 atom stereocenters. The van der Waals surface area contributed by atoms with Crippen molar-refractivity contribution >= 4 is 69.1 Å². The van der Waals surface area contributed by atoms with Crippen LogP contribution in [-0.2, 0) is 57.1 Å². The van der Waals surface area contributed by atoms with Crippen molar-refractivity contribution in [2.45, 2.75) is 57.3 Å². The molecule has 7 N–H and O–H groups in total. The normalized spacial score (nSPS) is 21.2. The van der Waals surface area contributed by atoms with E-state index < -0.39 is 84.6 Å². The highest BCUT2D eigenvalue weighted by atomic mass is 32.2. The summed E-state index contributed by atoms with van der Waals surface area (Å²) in [7, 11) is -17.6. The number of thioether (sulfide) groups is 1. The number of ether oxygens (including phenoxy) is 1. The maximum Gasteiger partial charge on any atom is 0.274 e. The van der Waals surface area contributed by atoms with Crippen molar-refractivity contribution in [3.05, 3.63) is 42.5 Å². The van der Waals surface area contributed by atoms with Crippen LogP contribution in [0.2, 0.25) is 0 Å². The van der Waals surface area contributed by atoms with Gasteiger partial charge in [-0.05, 0) is 17.7 Å². The van der Waals surface area contributed by atoms with Crippen LogP contribution in [0, 0.1) is 5.41 Å². The molecule has 2 unspecified atom stereocenters. The molecule has 322 valence electrons. The molecule has 1 saturated heterocycles. The number of fused-ring (bicyclic) bond motifs is 1. The third kappa shape index (κ3) is 13.8. The average molecular weight is 898 g/mol. The maximum absolute atomic E-state index is 12.5. The molecule has 1 fully saturated rings. The van der Waals surface area contributed by atoms with Gasteiger partial charge in [0.15, 0.2) is 22.8 Å². The largest absolute Gasteiger partial charge is 0.790 e. The number of nitrogens with zero attached hydrogens (tertiary/aromatic N) is 4. The highest BCUT2D eigenvalue weighted by molar-refractivity contribution is 8.13. The van der Waals surface area contributed by atoms with E-state index in [1.54, 1.807) is 12.1 Å². The number of aliphatic hydroxyl groups is 2. The van der Waals surface area contributed by atoms with Crippen LogP contribution in [0.3, 0.4) is 0 Å². The number of carbonyl (C=O) groups is 3. The zero-order chi connectivity index (χ0) is 43.1. The summed E-state index contributed by atoms with van der Waals surface area (Å²) in [6.07, 6.45) is -7.60. The van der Waals surface area contributed by atoms with E-state index >= 15 is 0 Å². The summed E-state index contributed by atoms with van der Waals surface area (Å²) in [6.45, 7) is -0.0420. The van der Waals surface area contributed by atoms with Gasteiger partial charge >= 0.3 is 0 Å². The van der Waals surface area contributed by atoms with Crippen molar-refractivity contribution in [1.29, 1.82) is 0 Å². The number of hydrogen-bond acceptors (Lipinski definition) is 23. The number of amides is 2. The van der Waals surface area contributed by atoms with Crippen molar-refractivity contribution in [2.24, 2.45) is 5.41 Å². The third-order valence-electron chi connectivity index (χ3n) is 8.00. The Morgan fingerprint density at radius 1 is 1.07 bits per heavy atom. The van der Waals surface area contributed by atoms with Gasteiger partial charge in [0, 0.05) is 37.1 Å². The molecular weight excluding hydrogens is 859 g/mol. The highest BCUT2D eigenvalue weighted by Crippen LogP contribution is 2.56. The molecule has 1 aliphatic heterocycles. The number of nitrogens with two attached hydrogens (primary N) is 1. The summed E-state index contributed by atoms with van der Waals surface area (Å²) in [6, 6.07) is 6.23. The van der Waals surface area contributed by atoms with Crippen LogP contribution in [0.1, 0.15) is 32.1 Å². The Hall–Kier alpha value is -3.42. The molecule has 1 aromatic carbocycles. The van der Waals surface area contributed by atoms with Crippen LogP contribution in [0.5, 0.6) is 5.75 Å². The van der Waals surface area contributed by atoms with E-state index in [0.29, 0.717) is 5.56 Å². The van der Waals surface area contributed by atoms with Crippen LogP contribution in [0.25, 0.3) is 11.2 Å². The summed E-state index contributed by atoms with van der Waals surface area (Å²) in [5, 5.41) is 35.5. The SMILES string of the molecule is CC(C)(COP(=O)([O-])OP(=O)([O-])OC[C@H]1O[C@@H](n2cnc3c(N)ncnc32)[C@H](O)[C@@H]1OP(=O)([O-])[O-])[C@@H](O)C(=O)NCCC(=O)NCCSC(=O)Cc1cccc(O)c1. The number of aromatic nitrogens is 4. The first-order valence-corrected chi connectivity index (χ1v) is 22.1. The summed E-state index contributed by atoms with van der Waals surface area (Å²) in [5.41, 5.74) is 4.67. The first kappa shape index (κ1) is 47.3. The molecule has 3 heterocycles. The van der Waals surface area contributed by atoms with Gasteiger partial charge in [0.05, 0.1) is 27.4 Å². The number of carbonyl (C=O) groups excluding carboxylic acids is 3. The Labute approximate surface area is 333 Å². The Bertz CT molecular complexity index is 2090. The molecule has 4 rings (SSSR count). The number of phenols is 1. The number of aliphatic hydroxyl groups excluding tert-OH is 2. The molecule has 0 saturated carbocycles. The van der Waals surface area contributed by atoms with Crippen molar-refractivity contribution in [3.8, 4) is 5.75 Å². The van der Waals surface area contributed by atoms with E-state index in [-0.39, 0.29) is 59.5 Å². The number of nitrogens with one attached hydrogen (secondary N) is 2. The molecule has 2 aromatic heterocycles. The lowest BCUT2D eigenvalue weighted by atomic mass is 9.87. The van der Waals surface area contributed by atoms with Crippen molar-refractivity contribution in [2.75, 3.05) is 37.8 Å². The van der Waals surface area contributed by atoms with E-state index in [2.05, 4.69) is 43.5 Å². The molecule has 25 nitrogen and oxygen atoms in total. The Morgan fingerprint density at radius 2 is 1.78 bits per heavy atom. The molecule has 3 aromatic rings. The number of anilines is 1. The van der Waals surface area contributed by atoms with Gasteiger partial charge in [0.25, 0.3) is 15.6 Å². The second-order valence-electron chi connectivity index (χ2n) is 13.1. The van der Waals surface area contributed by atoms with E-state index in [4.69, 9.17) is 10.5 Å². The van der Waals surface area contributed by atoms with Gasteiger partial charge in [0.2, 0.25) is 11.8 Å². The lowest BCUT2D eigenvalue weighted by Crippen LogP contribution is -2.46. The highest BCUT2D eigenvalue weighted by Gasteiger charge is 2.47. The second-order valence-corrected chi connectivity index (χ2v) is 18.3. The lowest BCUT2D eigenvalue weighted by molar-refractivity contribution is -0.347. The molecule has 0 spiro atoms. The fourth-order valence-electron chi connectivity index (χ4n) is 5.16. The van der Waals surface area contributed by atoms with E-state index in [1.165, 1.54) is 26.0 Å². The Kier molecular flexibility index (Phi) is 16.1. The quantitative estimate of drug-likeness (QED) is 0.0461. The molecule has 2 amide bonds. The first-order valence-electron chi connectivity index (χ1n) is 16.7. The predicted octanol–water partition coefficient (Wildman–Crippen LogP) is -2.91. The Balaban J connectivity index is 1.21. The van der Waals surface area contributed by atoms with Gasteiger partial charge < -0.3 is 74.1 Å². The fraction of sp³-hybridized carbons (Fsp3) is 0.517. The fourth-order valence-corrected chi connectivity index (χ4v) is 8.59. The number of phosphoric acid groups is 3. The van der Waals surface area contributed by atoms with Crippen LogP contribution in [0.15, 0.2) is 36.9 Å². The molecular formula is C29H38N7O18P3S-4. The number of rotatable bonds is 21. The summed E-state index contributed by atoms with van der Waals surface area (Å²) in [4.78, 5) is 96.2. The van der Waals surface area contributed by atoms with Gasteiger partial charge in [-0.25, -0.2) is 19.3 Å². The molecule has 0 aliphatic carbocycles. The molecule has 0 bridgehead atoms. The molecule has 58 heavy (non-hydrogen) atoms. The van der Waals surface area contributed by atoms with Gasteiger partial charge in [-0.1, -0.05) is 37.7 Å². The number of imidazole rings is 1. The summed E-state index contributed by atoms with van der Waals surface area (Å²) >= 11 is 0.978. The third-order valence-corrected chi connectivity index (χ3v) is 11.9. The predicted molar refractivity (Wildman–Crippen MR) is 190 cm³/mol. The average Bonchev–Trinajstić information content (AvgIpc) is 3.68. The zero-order valence-corrected chi connectivity index (χ0v) is 33.9. The number of benzene rings is 1. The van der Waals surface area contributed by atoms with Crippen LogP contribution >= 0.6 is 35.2 Å². The minimum absolute atomic E-state index is 0.0270. The lowest BCUT2D eigenvalue weighted by Gasteiger charge is -2.36. The number of phosphoric ester groups is 3. The minimum atomic E-state index is -5.93. The number of nitrogen functional groups attached to an aromatic ring is 1. The van der Waals surface area contributed by atoms with Crippen LogP contribution in [0.4, 0.5) is 5.82 Å². The standard InChI is InChI=1S/C29H42N7O18P3S/c1-29(2,24(41)27(42)32-7-6-19(38)31-8-9-58-20(39)11-16-4-3-5-17(37)10-16)13-51-57(48,49)54-56(46,47)50-12-18-23(53-55(43,44)45)22(40)28(52-18)36-15-35-21-25(30)33-14-34-26(21)36/h3-5,10,14-15,18,22-24,28,37,40-41H,6-9,11-13H2,1-2H3,(H,31,38)(H,32,42)(H,46,47)(H,48,49)(H2,30,33,34)(H2,43,44,45)/p-4/t18-,22-,23-,24+,28-/m1/s1. The van der Waals surface area contributed by atoms with E-state index in [1.807, 2.05) is 0 Å². The molecule has 0 radical (unpaired) electrons. The van der Waals surface area contributed by atoms with Gasteiger partial charge in [-0.15, -0.1) is 0 Å². The topological polar surface area (TPSA) is 395 Å². The van der Waals surface area contributed by atoms with Crippen molar-refractivity contribution < 1.29 is 85.6 Å². The van der Waals surface area contributed by atoms with E-state index in [0.717, 1.165) is 29.0 Å². The van der Waals surface area contributed by atoms with Crippen LogP contribution in [-0.4, -0.2) is 108 Å². The summed E-state index contributed by atoms with van der Waals surface area (Å²) < 4.78 is 60.5. The smallest absolute Gasteiger partial charge is 0.274 e. The molecule has 1 aliphatic rings. The first-order chi connectivity index (χ1) is 27.0. The maximum atomic E-state index is 12.5. The minimum Gasteiger partial charge on any atom is -0.790 e. The number of aromatic hydroxyl groups is 1. The Morgan fingerprint density at radius 3 is 2.47 bits per heavy atom. The molecule has 29 heteroatoms. The van der Waals surface area contributed by atoms with Crippen molar-refractivity contribution in [1.82, 2.24) is 30.2 Å². The monoisotopic (exact) mass is 897 g/mol. The number of phenolic OH excluding ortho intramolecular Hbond substituents is 1. The second kappa shape index (κ2) is 19.8. The van der Waals surface area contributed by atoms with E-state index in [9.17, 15) is 63.0 Å². The van der Waals surface area contributed by atoms with Crippen LogP contribution < -0.4 is 35.9 Å². The number of hydrogen-bond donors (Lipinski definition) is 6. The van der Waals surface area contributed by atoms with Gasteiger partial charge in [0.1, 0.15) is 42.0 Å². The van der Waals surface area contributed by atoms with Gasteiger partial charge in [-0.2, -0.15) is 0 Å². The van der Waals surface area contributed by atoms with Crippen molar-refractivity contribution in [3.63, 3.8) is 0 Å².